The molecule has 4 heteroatoms. The lowest BCUT2D eigenvalue weighted by molar-refractivity contribution is 0.241. The third-order valence-corrected chi connectivity index (χ3v) is 3.64. The molecule has 2 aliphatic rings. The minimum atomic E-state index is -0.0228. The Labute approximate surface area is 93.9 Å². The molecule has 1 aliphatic heterocycles. The third kappa shape index (κ3) is 1.19. The number of urea groups is 1. The molecule has 2 fully saturated rings. The van der Waals surface area contributed by atoms with E-state index in [1.165, 1.54) is 6.42 Å². The number of phenols is 1. The molecule has 84 valence electrons. The van der Waals surface area contributed by atoms with Crippen molar-refractivity contribution in [2.24, 2.45) is 0 Å². The number of carbonyl (C=O) groups excluding carboxylic acids is 1. The maximum Gasteiger partial charge on any atom is 0.322 e. The van der Waals surface area contributed by atoms with Crippen LogP contribution in [0.4, 0.5) is 10.5 Å². The number of rotatable bonds is 1. The summed E-state index contributed by atoms with van der Waals surface area (Å²) in [6.45, 7) is 0.743. The number of benzene rings is 1. The molecule has 0 atom stereocenters. The molecule has 0 bridgehead atoms. The summed E-state index contributed by atoms with van der Waals surface area (Å²) in [6.07, 6.45) is 3.31. The molecule has 2 N–H and O–H groups in total. The van der Waals surface area contributed by atoms with Crippen LogP contribution in [0.2, 0.25) is 0 Å². The van der Waals surface area contributed by atoms with Gasteiger partial charge in [0.2, 0.25) is 0 Å². The number of nitrogens with one attached hydrogen (secondary N) is 1. The number of amides is 2. The molecular weight excluding hydrogens is 204 g/mol. The highest BCUT2D eigenvalue weighted by Crippen LogP contribution is 2.42. The van der Waals surface area contributed by atoms with Gasteiger partial charge in [-0.25, -0.2) is 4.79 Å². The van der Waals surface area contributed by atoms with E-state index in [-0.39, 0.29) is 17.3 Å². The zero-order valence-electron chi connectivity index (χ0n) is 8.94. The van der Waals surface area contributed by atoms with Crippen LogP contribution >= 0.6 is 0 Å². The Morgan fingerprint density at radius 1 is 1.25 bits per heavy atom. The minimum absolute atomic E-state index is 0.00590. The van der Waals surface area contributed by atoms with Crippen molar-refractivity contribution >= 4 is 11.7 Å². The Balaban J connectivity index is 1.97. The monoisotopic (exact) mass is 218 g/mol. The first-order chi connectivity index (χ1) is 7.71. The smallest absolute Gasteiger partial charge is 0.322 e. The fraction of sp³-hybridized carbons (Fsp3) is 0.417. The van der Waals surface area contributed by atoms with Crippen molar-refractivity contribution < 1.29 is 9.90 Å². The van der Waals surface area contributed by atoms with Gasteiger partial charge in [-0.3, -0.25) is 4.90 Å². The van der Waals surface area contributed by atoms with E-state index in [2.05, 4.69) is 5.32 Å². The summed E-state index contributed by atoms with van der Waals surface area (Å²) in [5, 5.41) is 12.1. The maximum absolute atomic E-state index is 11.8. The highest BCUT2D eigenvalue weighted by atomic mass is 16.3. The van der Waals surface area contributed by atoms with Gasteiger partial charge >= 0.3 is 6.03 Å². The lowest BCUT2D eigenvalue weighted by atomic mass is 9.76. The number of aromatic hydroxyl groups is 1. The molecule has 0 unspecified atom stereocenters. The molecule has 1 spiro atoms. The van der Waals surface area contributed by atoms with Gasteiger partial charge in [0, 0.05) is 12.2 Å². The van der Waals surface area contributed by atoms with Gasteiger partial charge in [-0.15, -0.1) is 0 Å². The molecule has 3 rings (SSSR count). The SMILES string of the molecule is O=C1NCC2(CCC2)N1c1ccc(O)cc1. The number of anilines is 1. The second-order valence-corrected chi connectivity index (χ2v) is 4.59. The van der Waals surface area contributed by atoms with Crippen molar-refractivity contribution in [3.8, 4) is 5.75 Å². The number of hydrogen-bond acceptors (Lipinski definition) is 2. The van der Waals surface area contributed by atoms with E-state index in [0.717, 1.165) is 25.1 Å². The number of carbonyl (C=O) groups is 1. The first kappa shape index (κ1) is 9.51. The highest BCUT2D eigenvalue weighted by molar-refractivity contribution is 5.96. The zero-order chi connectivity index (χ0) is 11.2. The molecule has 1 saturated carbocycles. The number of phenolic OH excluding ortho intramolecular Hbond substituents is 1. The van der Waals surface area contributed by atoms with Crippen LogP contribution in [-0.4, -0.2) is 23.2 Å². The van der Waals surface area contributed by atoms with Gasteiger partial charge in [-0.2, -0.15) is 0 Å². The standard InChI is InChI=1S/C12H14N2O2/c15-10-4-2-9(3-5-10)14-11(16)13-8-12(14)6-1-7-12/h2-5,15H,1,6-8H2,(H,13,16). The predicted molar refractivity (Wildman–Crippen MR) is 60.6 cm³/mol. The molecule has 0 radical (unpaired) electrons. The quantitative estimate of drug-likeness (QED) is 0.755. The summed E-state index contributed by atoms with van der Waals surface area (Å²) in [7, 11) is 0. The maximum atomic E-state index is 11.8. The van der Waals surface area contributed by atoms with Crippen molar-refractivity contribution in [3.63, 3.8) is 0 Å². The Hall–Kier alpha value is -1.71. The highest BCUT2D eigenvalue weighted by Gasteiger charge is 2.50. The molecule has 4 nitrogen and oxygen atoms in total. The lowest BCUT2D eigenvalue weighted by Gasteiger charge is -2.44. The van der Waals surface area contributed by atoms with Crippen molar-refractivity contribution in [1.29, 1.82) is 0 Å². The van der Waals surface area contributed by atoms with Crippen LogP contribution in [0.1, 0.15) is 19.3 Å². The topological polar surface area (TPSA) is 52.6 Å². The Bertz CT molecular complexity index is 423. The Morgan fingerprint density at radius 2 is 1.94 bits per heavy atom. The summed E-state index contributed by atoms with van der Waals surface area (Å²) in [5.41, 5.74) is 0.862. The number of nitrogens with zero attached hydrogens (tertiary/aromatic N) is 1. The van der Waals surface area contributed by atoms with Crippen LogP contribution in [0.3, 0.4) is 0 Å². The molecule has 1 aliphatic carbocycles. The largest absolute Gasteiger partial charge is 0.508 e. The van der Waals surface area contributed by atoms with Gasteiger partial charge in [0.25, 0.3) is 0 Å². The lowest BCUT2D eigenvalue weighted by Crippen LogP contribution is -2.52. The minimum Gasteiger partial charge on any atom is -0.508 e. The van der Waals surface area contributed by atoms with Crippen molar-refractivity contribution in [3.05, 3.63) is 24.3 Å². The Kier molecular flexibility index (Phi) is 1.87. The Morgan fingerprint density at radius 3 is 2.50 bits per heavy atom. The molecule has 1 saturated heterocycles. The summed E-state index contributed by atoms with van der Waals surface area (Å²) in [4.78, 5) is 13.7. The summed E-state index contributed by atoms with van der Waals surface area (Å²) >= 11 is 0. The molecular formula is C12H14N2O2. The van der Waals surface area contributed by atoms with Crippen LogP contribution in [0.25, 0.3) is 0 Å². The number of hydrogen-bond donors (Lipinski definition) is 2. The molecule has 2 amide bonds. The van der Waals surface area contributed by atoms with E-state index in [4.69, 9.17) is 0 Å². The van der Waals surface area contributed by atoms with E-state index in [1.54, 1.807) is 24.3 Å². The first-order valence-electron chi connectivity index (χ1n) is 5.58. The first-order valence-corrected chi connectivity index (χ1v) is 5.58. The van der Waals surface area contributed by atoms with Crippen LogP contribution in [0, 0.1) is 0 Å². The van der Waals surface area contributed by atoms with Crippen molar-refractivity contribution in [1.82, 2.24) is 5.32 Å². The van der Waals surface area contributed by atoms with Gasteiger partial charge in [-0.05, 0) is 43.5 Å². The van der Waals surface area contributed by atoms with Gasteiger partial charge in [0.1, 0.15) is 5.75 Å². The van der Waals surface area contributed by atoms with Gasteiger partial charge in [-0.1, -0.05) is 0 Å². The van der Waals surface area contributed by atoms with E-state index in [0.29, 0.717) is 0 Å². The second kappa shape index (κ2) is 3.14. The normalized spacial score (nSPS) is 22.0. The molecule has 1 heterocycles. The fourth-order valence-electron chi connectivity index (χ4n) is 2.59. The fourth-order valence-corrected chi connectivity index (χ4v) is 2.59. The van der Waals surface area contributed by atoms with Crippen molar-refractivity contribution in [2.45, 2.75) is 24.8 Å². The van der Waals surface area contributed by atoms with E-state index in [9.17, 15) is 9.90 Å². The van der Waals surface area contributed by atoms with Crippen LogP contribution in [0.15, 0.2) is 24.3 Å². The van der Waals surface area contributed by atoms with Crippen LogP contribution in [0.5, 0.6) is 5.75 Å². The van der Waals surface area contributed by atoms with E-state index < -0.39 is 0 Å². The summed E-state index contributed by atoms with van der Waals surface area (Å²) in [5.74, 6) is 0.228. The third-order valence-electron chi connectivity index (χ3n) is 3.64. The molecule has 0 aromatic heterocycles. The average Bonchev–Trinajstić information content (AvgIpc) is 2.57. The summed E-state index contributed by atoms with van der Waals surface area (Å²) < 4.78 is 0. The van der Waals surface area contributed by atoms with E-state index >= 15 is 0 Å². The second-order valence-electron chi connectivity index (χ2n) is 4.59. The van der Waals surface area contributed by atoms with Crippen molar-refractivity contribution in [2.75, 3.05) is 11.4 Å². The molecule has 16 heavy (non-hydrogen) atoms. The van der Waals surface area contributed by atoms with Crippen LogP contribution < -0.4 is 10.2 Å². The van der Waals surface area contributed by atoms with Gasteiger partial charge in [0.15, 0.2) is 0 Å². The zero-order valence-corrected chi connectivity index (χ0v) is 8.94. The summed E-state index contributed by atoms with van der Waals surface area (Å²) in [6, 6.07) is 6.80. The molecule has 1 aromatic carbocycles. The van der Waals surface area contributed by atoms with E-state index in [1.807, 2.05) is 4.90 Å². The molecule has 1 aromatic rings. The van der Waals surface area contributed by atoms with Gasteiger partial charge < -0.3 is 10.4 Å². The predicted octanol–water partition coefficient (Wildman–Crippen LogP) is 1.84. The van der Waals surface area contributed by atoms with Crippen LogP contribution in [-0.2, 0) is 0 Å². The van der Waals surface area contributed by atoms with Gasteiger partial charge in [0.05, 0.1) is 5.54 Å². The average molecular weight is 218 g/mol.